The molecule has 0 spiro atoms. The Kier molecular flexibility index (Phi) is 8.82. The highest BCUT2D eigenvalue weighted by Crippen LogP contribution is 2.42. The van der Waals surface area contributed by atoms with Crippen LogP contribution in [0.15, 0.2) is 60.7 Å². The zero-order valence-electron chi connectivity index (χ0n) is 28.4. The van der Waals surface area contributed by atoms with Crippen LogP contribution in [0.1, 0.15) is 30.5 Å². The molecule has 3 aliphatic heterocycles. The standard InChI is InChI=1S/C39H33F4N7O3/c1-2-27-30(41)8-7-23-16-26(51)18-28(32(23)27)34-33(43)35-29(20-45-34)36(47-38(46-35)53-22-39-9-5-11-50(39)21-24(40)19-39)48-12-14-49(15-13-48)37(52)31(42)17-25-6-3-4-10-44-25/h1,3-4,6-8,10,16-18,20,24,51H,5,9,11-15,19,21-22H2/b31-17-/t24-,39+/m1/s1. The summed E-state index contributed by atoms with van der Waals surface area (Å²) in [4.78, 5) is 35.9. The average Bonchev–Trinajstić information content (AvgIpc) is 3.69. The van der Waals surface area contributed by atoms with Crippen LogP contribution in [0.25, 0.3) is 39.0 Å². The largest absolute Gasteiger partial charge is 0.508 e. The molecule has 3 aliphatic rings. The minimum atomic E-state index is -0.990. The van der Waals surface area contributed by atoms with Crippen molar-refractivity contribution in [2.24, 2.45) is 0 Å². The highest BCUT2D eigenvalue weighted by Gasteiger charge is 2.49. The van der Waals surface area contributed by atoms with E-state index in [9.17, 15) is 23.1 Å². The van der Waals surface area contributed by atoms with Gasteiger partial charge in [0.25, 0.3) is 5.91 Å². The molecule has 0 radical (unpaired) electrons. The van der Waals surface area contributed by atoms with Gasteiger partial charge in [-0.25, -0.2) is 17.6 Å². The number of phenolic OH excluding ortho intramolecular Hbond substituents is 1. The maximum atomic E-state index is 16.9. The molecule has 2 aromatic carbocycles. The summed E-state index contributed by atoms with van der Waals surface area (Å²) in [5, 5.41) is 11.4. The van der Waals surface area contributed by atoms with E-state index in [1.165, 1.54) is 41.6 Å². The molecule has 5 aromatic rings. The zero-order valence-corrected chi connectivity index (χ0v) is 28.4. The van der Waals surface area contributed by atoms with Crippen LogP contribution in [-0.2, 0) is 4.79 Å². The topological polar surface area (TPSA) is 108 Å². The molecule has 14 heteroatoms. The monoisotopic (exact) mass is 723 g/mol. The molecule has 0 aliphatic carbocycles. The van der Waals surface area contributed by atoms with Crippen LogP contribution in [0.4, 0.5) is 23.4 Å². The third kappa shape index (κ3) is 6.24. The van der Waals surface area contributed by atoms with E-state index in [1.54, 1.807) is 18.2 Å². The Morgan fingerprint density at radius 2 is 1.92 bits per heavy atom. The number of terminal acetylenes is 1. The lowest BCUT2D eigenvalue weighted by atomic mass is 9.95. The predicted octanol–water partition coefficient (Wildman–Crippen LogP) is 5.82. The number of nitrogens with zero attached hydrogens (tertiary/aromatic N) is 7. The second-order valence-corrected chi connectivity index (χ2v) is 13.6. The summed E-state index contributed by atoms with van der Waals surface area (Å²) >= 11 is 0. The van der Waals surface area contributed by atoms with Crippen LogP contribution < -0.4 is 9.64 Å². The van der Waals surface area contributed by atoms with E-state index in [4.69, 9.17) is 11.2 Å². The molecule has 0 saturated carbocycles. The van der Waals surface area contributed by atoms with Crippen molar-refractivity contribution in [2.75, 3.05) is 50.8 Å². The fourth-order valence-corrected chi connectivity index (χ4v) is 7.84. The number of carbonyl (C=O) groups excluding carboxylic acids is 1. The van der Waals surface area contributed by atoms with Crippen molar-refractivity contribution in [2.45, 2.75) is 31.0 Å². The molecule has 1 N–H and O–H groups in total. The summed E-state index contributed by atoms with van der Waals surface area (Å²) < 4.78 is 67.5. The number of pyridine rings is 2. The molecular formula is C39H33F4N7O3. The van der Waals surface area contributed by atoms with E-state index >= 15 is 4.39 Å². The number of carbonyl (C=O) groups is 1. The normalized spacial score (nSPS) is 20.6. The number of phenols is 1. The minimum absolute atomic E-state index is 0.0582. The SMILES string of the molecule is C#Cc1c(F)ccc2cc(O)cc(-c3ncc4c(N5CCN(C(=O)/C(F)=C/c6ccccn6)CC5)nc(OC[C@@]56CCCN5C[C@H](F)C6)nc4c3F)c12. The Hall–Kier alpha value is -5.81. The molecule has 3 fully saturated rings. The number of rotatable bonds is 7. The maximum Gasteiger partial charge on any atom is 0.319 e. The molecule has 1 amide bonds. The van der Waals surface area contributed by atoms with Crippen molar-refractivity contribution in [3.8, 4) is 35.4 Å². The van der Waals surface area contributed by atoms with E-state index < -0.39 is 35.1 Å². The molecular weight excluding hydrogens is 690 g/mol. The Labute approximate surface area is 301 Å². The Morgan fingerprint density at radius 3 is 2.70 bits per heavy atom. The van der Waals surface area contributed by atoms with Gasteiger partial charge in [-0.05, 0) is 55.1 Å². The fraction of sp³-hybridized carbons (Fsp3) is 0.308. The number of aromatic hydroxyl groups is 1. The van der Waals surface area contributed by atoms with Crippen molar-refractivity contribution in [3.05, 3.63) is 83.6 Å². The van der Waals surface area contributed by atoms with Crippen molar-refractivity contribution < 1.29 is 32.2 Å². The van der Waals surface area contributed by atoms with Gasteiger partial charge in [0.05, 0.1) is 22.2 Å². The van der Waals surface area contributed by atoms with Crippen molar-refractivity contribution in [1.29, 1.82) is 0 Å². The summed E-state index contributed by atoms with van der Waals surface area (Å²) in [5.41, 5.74) is -0.683. The number of halogens is 4. The lowest BCUT2D eigenvalue weighted by Gasteiger charge is -2.35. The van der Waals surface area contributed by atoms with Crippen molar-refractivity contribution in [1.82, 2.24) is 29.7 Å². The minimum Gasteiger partial charge on any atom is -0.508 e. The van der Waals surface area contributed by atoms with Gasteiger partial charge in [0.1, 0.15) is 41.4 Å². The van der Waals surface area contributed by atoms with Gasteiger partial charge in [-0.15, -0.1) is 6.42 Å². The number of hydrogen-bond acceptors (Lipinski definition) is 9. The molecule has 2 atom stereocenters. The van der Waals surface area contributed by atoms with Gasteiger partial charge >= 0.3 is 6.01 Å². The van der Waals surface area contributed by atoms with Crippen LogP contribution in [-0.4, -0.2) is 98.3 Å². The first-order valence-corrected chi connectivity index (χ1v) is 17.3. The predicted molar refractivity (Wildman–Crippen MR) is 190 cm³/mol. The van der Waals surface area contributed by atoms with E-state index in [1.807, 2.05) is 4.90 Å². The molecule has 270 valence electrons. The van der Waals surface area contributed by atoms with Crippen molar-refractivity contribution >= 4 is 39.5 Å². The first-order chi connectivity index (χ1) is 25.6. The highest BCUT2D eigenvalue weighted by atomic mass is 19.1. The fourth-order valence-electron chi connectivity index (χ4n) is 7.84. The molecule has 3 aromatic heterocycles. The average molecular weight is 724 g/mol. The second-order valence-electron chi connectivity index (χ2n) is 13.6. The number of piperazine rings is 1. The number of aromatic nitrogens is 4. The first-order valence-electron chi connectivity index (χ1n) is 17.3. The lowest BCUT2D eigenvalue weighted by molar-refractivity contribution is -0.128. The third-order valence-electron chi connectivity index (χ3n) is 10.4. The van der Waals surface area contributed by atoms with Crippen LogP contribution >= 0.6 is 0 Å². The van der Waals surface area contributed by atoms with Crippen LogP contribution in [0.3, 0.4) is 0 Å². The van der Waals surface area contributed by atoms with Crippen molar-refractivity contribution in [3.63, 3.8) is 0 Å². The van der Waals surface area contributed by atoms with Gasteiger partial charge in [-0.1, -0.05) is 18.1 Å². The van der Waals surface area contributed by atoms with E-state index in [0.717, 1.165) is 25.5 Å². The molecule has 0 unspecified atom stereocenters. The Bertz CT molecular complexity index is 2330. The van der Waals surface area contributed by atoms with Gasteiger partial charge in [-0.2, -0.15) is 9.97 Å². The summed E-state index contributed by atoms with van der Waals surface area (Å²) in [7, 11) is 0. The number of amides is 1. The number of hydrogen-bond donors (Lipinski definition) is 1. The zero-order chi connectivity index (χ0) is 36.9. The van der Waals surface area contributed by atoms with E-state index in [-0.39, 0.29) is 83.5 Å². The number of fused-ring (bicyclic) bond motifs is 3. The van der Waals surface area contributed by atoms with Crippen LogP contribution in [0, 0.1) is 24.0 Å². The van der Waals surface area contributed by atoms with E-state index in [0.29, 0.717) is 24.0 Å². The number of anilines is 1. The number of ether oxygens (including phenoxy) is 1. The Morgan fingerprint density at radius 1 is 1.09 bits per heavy atom. The van der Waals surface area contributed by atoms with Gasteiger partial charge in [0.2, 0.25) is 0 Å². The van der Waals surface area contributed by atoms with Gasteiger partial charge in [0.15, 0.2) is 11.6 Å². The molecule has 53 heavy (non-hydrogen) atoms. The highest BCUT2D eigenvalue weighted by molar-refractivity contribution is 6.03. The number of alkyl halides is 1. The third-order valence-corrected chi connectivity index (χ3v) is 10.4. The summed E-state index contributed by atoms with van der Waals surface area (Å²) in [6, 6.07) is 10.1. The van der Waals surface area contributed by atoms with Gasteiger partial charge < -0.3 is 19.6 Å². The summed E-state index contributed by atoms with van der Waals surface area (Å²) in [5.74, 6) is -0.928. The summed E-state index contributed by atoms with van der Waals surface area (Å²) in [6.07, 6.45) is 10.6. The maximum absolute atomic E-state index is 16.9. The van der Waals surface area contributed by atoms with Crippen LogP contribution in [0.5, 0.6) is 11.8 Å². The quantitative estimate of drug-likeness (QED) is 0.126. The van der Waals surface area contributed by atoms with Gasteiger partial charge in [0, 0.05) is 68.6 Å². The second kappa shape index (κ2) is 13.6. The molecule has 0 bridgehead atoms. The molecule has 3 saturated heterocycles. The lowest BCUT2D eigenvalue weighted by Crippen LogP contribution is -2.49. The van der Waals surface area contributed by atoms with Gasteiger partial charge in [-0.3, -0.25) is 19.7 Å². The Balaban J connectivity index is 1.17. The summed E-state index contributed by atoms with van der Waals surface area (Å²) in [6.45, 7) is 1.82. The molecule has 8 rings (SSSR count). The molecule has 6 heterocycles. The van der Waals surface area contributed by atoms with Crippen LogP contribution in [0.2, 0.25) is 0 Å². The smallest absolute Gasteiger partial charge is 0.319 e. The first kappa shape index (κ1) is 34.3. The van der Waals surface area contributed by atoms with E-state index in [2.05, 4.69) is 30.8 Å². The molecule has 10 nitrogen and oxygen atoms in total. The number of benzene rings is 2.